The second kappa shape index (κ2) is 12.9. The largest absolute Gasteiger partial charge is 0.457 e. The fourth-order valence-electron chi connectivity index (χ4n) is 8.82. The maximum atomic E-state index is 6.70. The van der Waals surface area contributed by atoms with Crippen molar-refractivity contribution in [3.63, 3.8) is 0 Å². The van der Waals surface area contributed by atoms with Gasteiger partial charge in [-0.3, -0.25) is 0 Å². The fraction of sp³-hybridized carbons (Fsp3) is 0.0189. The number of nitrogens with zero attached hydrogens (tertiary/aromatic N) is 2. The minimum atomic E-state index is -0.525. The average Bonchev–Trinajstić information content (AvgIpc) is 3.57. The van der Waals surface area contributed by atoms with E-state index in [-0.39, 0.29) is 0 Å². The zero-order valence-electron chi connectivity index (χ0n) is 30.4. The summed E-state index contributed by atoms with van der Waals surface area (Å²) in [6.07, 6.45) is 0. The van der Waals surface area contributed by atoms with Crippen LogP contribution in [0.2, 0.25) is 0 Å². The Kier molecular flexibility index (Phi) is 7.39. The summed E-state index contributed by atoms with van der Waals surface area (Å²) in [5, 5.41) is 0. The Morgan fingerprint density at radius 2 is 0.768 bits per heavy atom. The second-order valence-corrected chi connectivity index (χ2v) is 14.5. The summed E-state index contributed by atoms with van der Waals surface area (Å²) in [7, 11) is 0. The van der Waals surface area contributed by atoms with Crippen molar-refractivity contribution >= 4 is 0 Å². The first-order valence-corrected chi connectivity index (χ1v) is 19.1. The molecule has 9 aromatic rings. The average molecular weight is 715 g/mol. The van der Waals surface area contributed by atoms with E-state index in [1.807, 2.05) is 12.1 Å². The molecule has 1 aliphatic carbocycles. The predicted octanol–water partition coefficient (Wildman–Crippen LogP) is 13.3. The highest BCUT2D eigenvalue weighted by Gasteiger charge is 2.51. The summed E-state index contributed by atoms with van der Waals surface area (Å²) in [5.41, 5.74) is 16.2. The van der Waals surface area contributed by atoms with Crippen molar-refractivity contribution in [1.29, 1.82) is 0 Å². The molecule has 2 aliphatic rings. The summed E-state index contributed by atoms with van der Waals surface area (Å²) in [5.74, 6) is 2.44. The standard InChI is InChI=1S/C53H34N2O/c1-3-14-35(15-4-1)36-26-28-38(29-27-36)49-34-48(37-16-5-2-6-17-37)54-52(55-49)41-19-13-18-39(32-41)40-30-31-51-47(33-40)53(46-24-11-12-25-50(46)56-51)44-22-9-7-20-42(44)43-21-8-10-23-45(43)53/h1-34H. The summed E-state index contributed by atoms with van der Waals surface area (Å²) in [6.45, 7) is 0. The molecule has 262 valence electrons. The molecule has 0 bridgehead atoms. The molecule has 1 spiro atoms. The van der Waals surface area contributed by atoms with Gasteiger partial charge in [-0.05, 0) is 74.8 Å². The minimum Gasteiger partial charge on any atom is -0.457 e. The van der Waals surface area contributed by atoms with Crippen LogP contribution in [0.4, 0.5) is 0 Å². The van der Waals surface area contributed by atoms with Crippen LogP contribution in [0.25, 0.3) is 67.3 Å². The van der Waals surface area contributed by atoms with Gasteiger partial charge in [0.2, 0.25) is 0 Å². The molecule has 0 unspecified atom stereocenters. The van der Waals surface area contributed by atoms with Crippen molar-refractivity contribution < 1.29 is 4.74 Å². The number of aromatic nitrogens is 2. The number of rotatable bonds is 5. The molecule has 1 aliphatic heterocycles. The van der Waals surface area contributed by atoms with Crippen molar-refractivity contribution in [2.45, 2.75) is 5.41 Å². The summed E-state index contributed by atoms with van der Waals surface area (Å²) < 4.78 is 6.70. The van der Waals surface area contributed by atoms with E-state index in [1.54, 1.807) is 0 Å². The number of hydrogen-bond acceptors (Lipinski definition) is 3. The van der Waals surface area contributed by atoms with Gasteiger partial charge in [-0.2, -0.15) is 0 Å². The molecule has 8 aromatic carbocycles. The zero-order valence-corrected chi connectivity index (χ0v) is 30.4. The van der Waals surface area contributed by atoms with E-state index in [0.29, 0.717) is 5.82 Å². The first-order chi connectivity index (χ1) is 27.7. The topological polar surface area (TPSA) is 35.0 Å². The lowest BCUT2D eigenvalue weighted by Crippen LogP contribution is -2.32. The number of fused-ring (bicyclic) bond motifs is 9. The highest BCUT2D eigenvalue weighted by molar-refractivity contribution is 5.89. The van der Waals surface area contributed by atoms with E-state index in [4.69, 9.17) is 14.7 Å². The summed E-state index contributed by atoms with van der Waals surface area (Å²) in [4.78, 5) is 10.4. The van der Waals surface area contributed by atoms with E-state index < -0.39 is 5.41 Å². The van der Waals surface area contributed by atoms with Gasteiger partial charge < -0.3 is 4.74 Å². The van der Waals surface area contributed by atoms with E-state index in [9.17, 15) is 0 Å². The van der Waals surface area contributed by atoms with Gasteiger partial charge in [-0.25, -0.2) is 9.97 Å². The Bertz CT molecular complexity index is 2890. The molecule has 0 amide bonds. The molecule has 0 fully saturated rings. The van der Waals surface area contributed by atoms with E-state index in [1.165, 1.54) is 33.4 Å². The van der Waals surface area contributed by atoms with E-state index in [0.717, 1.165) is 61.8 Å². The molecule has 11 rings (SSSR count). The van der Waals surface area contributed by atoms with Crippen molar-refractivity contribution in [2.75, 3.05) is 0 Å². The first-order valence-electron chi connectivity index (χ1n) is 19.1. The quantitative estimate of drug-likeness (QED) is 0.178. The molecule has 0 N–H and O–H groups in total. The van der Waals surface area contributed by atoms with Gasteiger partial charge in [0, 0.05) is 27.8 Å². The van der Waals surface area contributed by atoms with Crippen LogP contribution in [-0.4, -0.2) is 9.97 Å². The van der Waals surface area contributed by atoms with Crippen molar-refractivity contribution in [2.24, 2.45) is 0 Å². The maximum Gasteiger partial charge on any atom is 0.160 e. The van der Waals surface area contributed by atoms with Crippen molar-refractivity contribution in [3.8, 4) is 78.8 Å². The molecule has 0 saturated heterocycles. The Labute approximate surface area is 326 Å². The van der Waals surface area contributed by atoms with Crippen LogP contribution >= 0.6 is 0 Å². The van der Waals surface area contributed by atoms with Crippen LogP contribution < -0.4 is 4.74 Å². The van der Waals surface area contributed by atoms with E-state index in [2.05, 4.69) is 194 Å². The minimum absolute atomic E-state index is 0.525. The number of benzene rings is 8. The molecular formula is C53H34N2O. The molecule has 0 saturated carbocycles. The van der Waals surface area contributed by atoms with Crippen LogP contribution in [0, 0.1) is 0 Å². The molecule has 1 aromatic heterocycles. The molecule has 0 atom stereocenters. The van der Waals surface area contributed by atoms with E-state index >= 15 is 0 Å². The monoisotopic (exact) mass is 714 g/mol. The lowest BCUT2D eigenvalue weighted by atomic mass is 9.66. The third-order valence-electron chi connectivity index (χ3n) is 11.4. The Hall–Kier alpha value is -7.36. The molecule has 3 nitrogen and oxygen atoms in total. The van der Waals surface area contributed by atoms with Gasteiger partial charge in [0.05, 0.1) is 16.8 Å². The molecule has 2 heterocycles. The van der Waals surface area contributed by atoms with Gasteiger partial charge in [0.15, 0.2) is 5.82 Å². The lowest BCUT2D eigenvalue weighted by Gasteiger charge is -2.39. The Morgan fingerprint density at radius 1 is 0.304 bits per heavy atom. The third kappa shape index (κ3) is 5.05. The van der Waals surface area contributed by atoms with Crippen LogP contribution in [0.15, 0.2) is 206 Å². The highest BCUT2D eigenvalue weighted by atomic mass is 16.5. The highest BCUT2D eigenvalue weighted by Crippen LogP contribution is 2.62. The maximum absolute atomic E-state index is 6.70. The van der Waals surface area contributed by atoms with Crippen LogP contribution in [0.3, 0.4) is 0 Å². The van der Waals surface area contributed by atoms with Gasteiger partial charge >= 0.3 is 0 Å². The normalized spacial score (nSPS) is 12.9. The Morgan fingerprint density at radius 3 is 1.46 bits per heavy atom. The number of hydrogen-bond donors (Lipinski definition) is 0. The van der Waals surface area contributed by atoms with Gasteiger partial charge in [-0.1, -0.05) is 176 Å². The Balaban J connectivity index is 1.05. The smallest absolute Gasteiger partial charge is 0.160 e. The summed E-state index contributed by atoms with van der Waals surface area (Å²) >= 11 is 0. The lowest BCUT2D eigenvalue weighted by molar-refractivity contribution is 0.436. The second-order valence-electron chi connectivity index (χ2n) is 14.5. The SMILES string of the molecule is c1ccc(-c2ccc(-c3cc(-c4ccccc4)nc(-c4cccc(-c5ccc6c(c5)C5(c7ccccc7O6)c6ccccc6-c6ccccc65)c4)n3)cc2)cc1. The fourth-order valence-corrected chi connectivity index (χ4v) is 8.82. The van der Waals surface area contributed by atoms with Crippen LogP contribution in [0.5, 0.6) is 11.5 Å². The van der Waals surface area contributed by atoms with Crippen LogP contribution in [0.1, 0.15) is 22.3 Å². The van der Waals surface area contributed by atoms with Gasteiger partial charge in [-0.15, -0.1) is 0 Å². The van der Waals surface area contributed by atoms with Crippen LogP contribution in [-0.2, 0) is 5.41 Å². The summed E-state index contributed by atoms with van der Waals surface area (Å²) in [6, 6.07) is 73.0. The van der Waals surface area contributed by atoms with Gasteiger partial charge in [0.1, 0.15) is 11.5 Å². The zero-order chi connectivity index (χ0) is 37.1. The number of ether oxygens (including phenoxy) is 1. The van der Waals surface area contributed by atoms with Crippen molar-refractivity contribution in [1.82, 2.24) is 9.97 Å². The first kappa shape index (κ1) is 32.1. The number of para-hydroxylation sites is 1. The molecule has 3 heteroatoms. The molecule has 0 radical (unpaired) electrons. The molecular weight excluding hydrogens is 681 g/mol. The van der Waals surface area contributed by atoms with Gasteiger partial charge in [0.25, 0.3) is 0 Å². The molecule has 56 heavy (non-hydrogen) atoms. The third-order valence-corrected chi connectivity index (χ3v) is 11.4. The van der Waals surface area contributed by atoms with Crippen molar-refractivity contribution in [3.05, 3.63) is 229 Å². The predicted molar refractivity (Wildman–Crippen MR) is 227 cm³/mol.